The van der Waals surface area contributed by atoms with Gasteiger partial charge in [0, 0.05) is 25.6 Å². The second-order valence-electron chi connectivity index (χ2n) is 6.08. The number of hydrogen-bond acceptors (Lipinski definition) is 4. The smallest absolute Gasteiger partial charge is 0.159 e. The summed E-state index contributed by atoms with van der Waals surface area (Å²) in [6.07, 6.45) is 2.18. The molecule has 0 aromatic heterocycles. The molecule has 2 fully saturated rings. The zero-order valence-electron chi connectivity index (χ0n) is 13.0. The van der Waals surface area contributed by atoms with Gasteiger partial charge in [0.1, 0.15) is 5.75 Å². The fourth-order valence-corrected chi connectivity index (χ4v) is 3.40. The maximum Gasteiger partial charge on any atom is 0.159 e. The van der Waals surface area contributed by atoms with Gasteiger partial charge in [0.25, 0.3) is 0 Å². The normalized spacial score (nSPS) is 27.3. The summed E-state index contributed by atoms with van der Waals surface area (Å²) in [4.78, 5) is 2.57. The summed E-state index contributed by atoms with van der Waals surface area (Å²) in [5.41, 5.74) is 1.38. The molecule has 2 heterocycles. The Hall–Kier alpha value is -1.10. The highest BCUT2D eigenvalue weighted by atomic mass is 16.7. The van der Waals surface area contributed by atoms with Crippen molar-refractivity contribution in [1.29, 1.82) is 0 Å². The first-order valence-corrected chi connectivity index (χ1v) is 7.87. The van der Waals surface area contributed by atoms with E-state index in [1.807, 2.05) is 0 Å². The van der Waals surface area contributed by atoms with Crippen LogP contribution in [0.1, 0.15) is 31.4 Å². The van der Waals surface area contributed by atoms with Gasteiger partial charge in [-0.15, -0.1) is 0 Å². The first kappa shape index (κ1) is 14.8. The van der Waals surface area contributed by atoms with Crippen molar-refractivity contribution in [3.05, 3.63) is 29.8 Å². The number of hydrogen-bond donors (Lipinski definition) is 0. The van der Waals surface area contributed by atoms with E-state index in [1.54, 1.807) is 7.11 Å². The number of rotatable bonds is 5. The van der Waals surface area contributed by atoms with Crippen molar-refractivity contribution in [2.24, 2.45) is 5.92 Å². The number of benzene rings is 1. The molecule has 0 saturated carbocycles. The monoisotopic (exact) mass is 291 g/mol. The van der Waals surface area contributed by atoms with Gasteiger partial charge in [0.15, 0.2) is 6.29 Å². The average molecular weight is 291 g/mol. The van der Waals surface area contributed by atoms with Crippen molar-refractivity contribution in [2.75, 3.05) is 33.4 Å². The van der Waals surface area contributed by atoms with E-state index in [4.69, 9.17) is 14.2 Å². The summed E-state index contributed by atoms with van der Waals surface area (Å²) in [7, 11) is 1.71. The van der Waals surface area contributed by atoms with E-state index in [9.17, 15) is 0 Å². The molecule has 4 heteroatoms. The zero-order chi connectivity index (χ0) is 14.7. The third kappa shape index (κ3) is 3.57. The molecule has 0 amide bonds. The molecule has 2 aliphatic heterocycles. The number of ether oxygens (including phenoxy) is 3. The Kier molecular flexibility index (Phi) is 4.78. The summed E-state index contributed by atoms with van der Waals surface area (Å²) < 4.78 is 16.3. The number of methoxy groups -OCH3 is 1. The van der Waals surface area contributed by atoms with Crippen molar-refractivity contribution >= 4 is 0 Å². The molecule has 0 N–H and O–H groups in total. The largest absolute Gasteiger partial charge is 0.497 e. The zero-order valence-corrected chi connectivity index (χ0v) is 13.0. The minimum absolute atomic E-state index is 0.00239. The lowest BCUT2D eigenvalue weighted by Crippen LogP contribution is -2.28. The lowest BCUT2D eigenvalue weighted by Gasteiger charge is -2.25. The molecule has 21 heavy (non-hydrogen) atoms. The molecule has 2 saturated heterocycles. The topological polar surface area (TPSA) is 30.9 Å². The van der Waals surface area contributed by atoms with Crippen molar-refractivity contribution in [2.45, 2.75) is 32.1 Å². The molecule has 0 radical (unpaired) electrons. The number of likely N-dealkylation sites (tertiary alicyclic amines) is 1. The highest BCUT2D eigenvalue weighted by Crippen LogP contribution is 2.36. The summed E-state index contributed by atoms with van der Waals surface area (Å²) in [6, 6.07) is 9.00. The summed E-state index contributed by atoms with van der Waals surface area (Å²) in [5, 5.41) is 0. The Morgan fingerprint density at radius 3 is 2.57 bits per heavy atom. The van der Waals surface area contributed by atoms with Crippen LogP contribution in [0.15, 0.2) is 24.3 Å². The minimum Gasteiger partial charge on any atom is -0.497 e. The van der Waals surface area contributed by atoms with Gasteiger partial charge < -0.3 is 14.2 Å². The first-order chi connectivity index (χ1) is 10.3. The molecule has 2 atom stereocenters. The first-order valence-electron chi connectivity index (χ1n) is 7.87. The lowest BCUT2D eigenvalue weighted by molar-refractivity contribution is -0.0522. The molecule has 0 aliphatic carbocycles. The van der Waals surface area contributed by atoms with Gasteiger partial charge in [0.05, 0.1) is 20.3 Å². The summed E-state index contributed by atoms with van der Waals surface area (Å²) in [5.74, 6) is 1.66. The van der Waals surface area contributed by atoms with Crippen LogP contribution in [0.5, 0.6) is 5.75 Å². The molecule has 2 aliphatic rings. The van der Waals surface area contributed by atoms with Crippen molar-refractivity contribution in [3.63, 3.8) is 0 Å². The van der Waals surface area contributed by atoms with Gasteiger partial charge in [-0.3, -0.25) is 4.90 Å². The molecule has 0 bridgehead atoms. The molecule has 3 rings (SSSR count). The molecule has 4 nitrogen and oxygen atoms in total. The minimum atomic E-state index is -0.00239. The van der Waals surface area contributed by atoms with Gasteiger partial charge in [-0.05, 0) is 30.0 Å². The summed E-state index contributed by atoms with van der Waals surface area (Å²) in [6.45, 7) is 6.00. The number of nitrogens with zero attached hydrogens (tertiary/aromatic N) is 1. The highest BCUT2D eigenvalue weighted by Gasteiger charge is 2.31. The predicted octanol–water partition coefficient (Wildman–Crippen LogP) is 2.84. The molecule has 116 valence electrons. The third-order valence-corrected chi connectivity index (χ3v) is 4.46. The van der Waals surface area contributed by atoms with Crippen molar-refractivity contribution < 1.29 is 14.2 Å². The van der Waals surface area contributed by atoms with Gasteiger partial charge in [-0.25, -0.2) is 0 Å². The quantitative estimate of drug-likeness (QED) is 0.834. The van der Waals surface area contributed by atoms with Crippen LogP contribution < -0.4 is 4.74 Å². The van der Waals surface area contributed by atoms with Crippen LogP contribution in [0.4, 0.5) is 0 Å². The Balaban J connectivity index is 1.63. The van der Waals surface area contributed by atoms with Crippen LogP contribution in [0.25, 0.3) is 0 Å². The van der Waals surface area contributed by atoms with Crippen LogP contribution in [0.3, 0.4) is 0 Å². The SMILES string of the molecule is COc1ccc([C@@H]2C[C@@H](C)CN2CCC2OCCO2)cc1. The predicted molar refractivity (Wildman–Crippen MR) is 81.4 cm³/mol. The van der Waals surface area contributed by atoms with E-state index in [0.29, 0.717) is 6.04 Å². The van der Waals surface area contributed by atoms with Gasteiger partial charge in [-0.1, -0.05) is 19.1 Å². The average Bonchev–Trinajstić information content (AvgIpc) is 3.14. The van der Waals surface area contributed by atoms with Crippen LogP contribution in [-0.2, 0) is 9.47 Å². The second-order valence-corrected chi connectivity index (χ2v) is 6.08. The molecule has 0 unspecified atom stereocenters. The third-order valence-electron chi connectivity index (χ3n) is 4.46. The summed E-state index contributed by atoms with van der Waals surface area (Å²) >= 11 is 0. The van der Waals surface area contributed by atoms with Gasteiger partial charge in [-0.2, -0.15) is 0 Å². The van der Waals surface area contributed by atoms with E-state index < -0.39 is 0 Å². The van der Waals surface area contributed by atoms with E-state index in [0.717, 1.165) is 44.4 Å². The second kappa shape index (κ2) is 6.77. The van der Waals surface area contributed by atoms with Gasteiger partial charge >= 0.3 is 0 Å². The van der Waals surface area contributed by atoms with E-state index in [1.165, 1.54) is 12.0 Å². The Morgan fingerprint density at radius 1 is 1.19 bits per heavy atom. The Labute approximate surface area is 127 Å². The van der Waals surface area contributed by atoms with Crippen LogP contribution in [0, 0.1) is 5.92 Å². The van der Waals surface area contributed by atoms with E-state index >= 15 is 0 Å². The fraction of sp³-hybridized carbons (Fsp3) is 0.647. The van der Waals surface area contributed by atoms with Crippen LogP contribution in [0.2, 0.25) is 0 Å². The molecular weight excluding hydrogens is 266 g/mol. The molecule has 0 spiro atoms. The van der Waals surface area contributed by atoms with E-state index in [-0.39, 0.29) is 6.29 Å². The lowest BCUT2D eigenvalue weighted by atomic mass is 10.0. The maximum atomic E-state index is 5.55. The maximum absolute atomic E-state index is 5.55. The Morgan fingerprint density at radius 2 is 1.90 bits per heavy atom. The van der Waals surface area contributed by atoms with Crippen molar-refractivity contribution in [1.82, 2.24) is 4.90 Å². The fourth-order valence-electron chi connectivity index (χ4n) is 3.40. The van der Waals surface area contributed by atoms with Gasteiger partial charge in [0.2, 0.25) is 0 Å². The molecular formula is C17H25NO3. The molecule has 1 aromatic carbocycles. The Bertz CT molecular complexity index is 442. The van der Waals surface area contributed by atoms with Crippen LogP contribution >= 0.6 is 0 Å². The van der Waals surface area contributed by atoms with E-state index in [2.05, 4.69) is 36.1 Å². The van der Waals surface area contributed by atoms with Crippen molar-refractivity contribution in [3.8, 4) is 5.75 Å². The van der Waals surface area contributed by atoms with Crippen LogP contribution in [-0.4, -0.2) is 44.6 Å². The highest BCUT2D eigenvalue weighted by molar-refractivity contribution is 5.29. The standard InChI is InChI=1S/C17H25NO3/c1-13-11-16(14-3-5-15(19-2)6-4-14)18(12-13)8-7-17-20-9-10-21-17/h3-6,13,16-17H,7-12H2,1-2H3/t13-,16+/m1/s1. The molecule has 1 aromatic rings.